The van der Waals surface area contributed by atoms with Gasteiger partial charge in [-0.1, -0.05) is 18.2 Å². The highest BCUT2D eigenvalue weighted by Gasteiger charge is 2.15. The fraction of sp³-hybridized carbons (Fsp3) is 0.500. The van der Waals surface area contributed by atoms with Crippen LogP contribution in [-0.2, 0) is 11.2 Å². The van der Waals surface area contributed by atoms with Crippen LogP contribution < -0.4 is 10.6 Å². The van der Waals surface area contributed by atoms with E-state index in [0.29, 0.717) is 12.5 Å². The molecule has 18 heavy (non-hydrogen) atoms. The number of likely N-dealkylation sites (N-methyl/N-ethyl adjacent to an activating group) is 1. The summed E-state index contributed by atoms with van der Waals surface area (Å²) in [5.74, 6) is 2.49. The highest BCUT2D eigenvalue weighted by Crippen LogP contribution is 2.23. The third-order valence-corrected chi connectivity index (χ3v) is 4.38. The highest BCUT2D eigenvalue weighted by atomic mass is 32.2. The summed E-state index contributed by atoms with van der Waals surface area (Å²) in [5.41, 5.74) is 2.18. The maximum absolute atomic E-state index is 11.5. The maximum atomic E-state index is 11.5. The number of anilines is 1. The van der Waals surface area contributed by atoms with Crippen molar-refractivity contribution >= 4 is 23.4 Å². The first-order chi connectivity index (χ1) is 8.79. The molecule has 1 heterocycles. The van der Waals surface area contributed by atoms with Gasteiger partial charge in [0.15, 0.2) is 0 Å². The second kappa shape index (κ2) is 6.69. The van der Waals surface area contributed by atoms with Crippen molar-refractivity contribution in [1.82, 2.24) is 5.32 Å². The van der Waals surface area contributed by atoms with Crippen molar-refractivity contribution in [2.24, 2.45) is 0 Å². The summed E-state index contributed by atoms with van der Waals surface area (Å²) in [6.45, 7) is 0. The summed E-state index contributed by atoms with van der Waals surface area (Å²) < 4.78 is 0. The van der Waals surface area contributed by atoms with E-state index in [-0.39, 0.29) is 5.91 Å². The van der Waals surface area contributed by atoms with E-state index in [2.05, 4.69) is 16.7 Å². The van der Waals surface area contributed by atoms with Crippen molar-refractivity contribution in [3.05, 3.63) is 29.8 Å². The summed E-state index contributed by atoms with van der Waals surface area (Å²) >= 11 is 2.00. The summed E-state index contributed by atoms with van der Waals surface area (Å²) in [4.78, 5) is 11.5. The monoisotopic (exact) mass is 264 g/mol. The third kappa shape index (κ3) is 3.67. The number of thioether (sulfide) groups is 1. The van der Waals surface area contributed by atoms with Crippen molar-refractivity contribution in [2.75, 3.05) is 23.9 Å². The predicted molar refractivity (Wildman–Crippen MR) is 78.2 cm³/mol. The second-order valence-corrected chi connectivity index (χ2v) is 5.72. The Bertz CT molecular complexity index is 403. The van der Waals surface area contributed by atoms with E-state index in [0.717, 1.165) is 17.0 Å². The normalized spacial score (nSPS) is 19.3. The number of rotatable bonds is 4. The summed E-state index contributed by atoms with van der Waals surface area (Å²) in [7, 11) is 1.68. The van der Waals surface area contributed by atoms with Crippen LogP contribution in [0.25, 0.3) is 0 Å². The van der Waals surface area contributed by atoms with Crippen LogP contribution in [0.4, 0.5) is 5.69 Å². The molecular weight excluding hydrogens is 244 g/mol. The minimum Gasteiger partial charge on any atom is -0.381 e. The minimum atomic E-state index is 0.0577. The topological polar surface area (TPSA) is 41.1 Å². The molecule has 1 aliphatic rings. The molecule has 2 rings (SSSR count). The molecule has 0 saturated carbocycles. The maximum Gasteiger partial charge on any atom is 0.224 e. The molecule has 0 aliphatic carbocycles. The molecule has 0 radical (unpaired) electrons. The SMILES string of the molecule is CNC(=O)Cc1ccccc1NC1CCCSC1. The molecule has 98 valence electrons. The van der Waals surface area contributed by atoms with Crippen molar-refractivity contribution in [3.63, 3.8) is 0 Å². The van der Waals surface area contributed by atoms with E-state index in [1.165, 1.54) is 18.6 Å². The first-order valence-corrected chi connectivity index (χ1v) is 7.58. The largest absolute Gasteiger partial charge is 0.381 e. The molecule has 4 heteroatoms. The van der Waals surface area contributed by atoms with E-state index in [4.69, 9.17) is 0 Å². The standard InChI is InChI=1S/C14H20N2OS/c1-15-14(17)9-11-5-2-3-7-13(11)16-12-6-4-8-18-10-12/h2-3,5,7,12,16H,4,6,8-10H2,1H3,(H,15,17). The average molecular weight is 264 g/mol. The number of carbonyl (C=O) groups excluding carboxylic acids is 1. The summed E-state index contributed by atoms with van der Waals surface area (Å²) in [6.07, 6.45) is 2.95. The molecule has 1 aliphatic heterocycles. The Kier molecular flexibility index (Phi) is 4.93. The van der Waals surface area contributed by atoms with E-state index in [9.17, 15) is 4.79 Å². The van der Waals surface area contributed by atoms with Gasteiger partial charge in [0.1, 0.15) is 0 Å². The van der Waals surface area contributed by atoms with Crippen LogP contribution in [0.1, 0.15) is 18.4 Å². The molecule has 1 aromatic carbocycles. The number of hydrogen-bond donors (Lipinski definition) is 2. The highest BCUT2D eigenvalue weighted by molar-refractivity contribution is 7.99. The number of para-hydroxylation sites is 1. The zero-order chi connectivity index (χ0) is 12.8. The van der Waals surface area contributed by atoms with Gasteiger partial charge < -0.3 is 10.6 Å². The third-order valence-electron chi connectivity index (χ3n) is 3.17. The van der Waals surface area contributed by atoms with Crippen LogP contribution in [0.5, 0.6) is 0 Å². The van der Waals surface area contributed by atoms with Crippen LogP contribution in [0.3, 0.4) is 0 Å². The molecule has 1 aromatic rings. The molecule has 1 unspecified atom stereocenters. The van der Waals surface area contributed by atoms with Crippen LogP contribution in [0.15, 0.2) is 24.3 Å². The number of amides is 1. The zero-order valence-corrected chi connectivity index (χ0v) is 11.6. The number of benzene rings is 1. The zero-order valence-electron chi connectivity index (χ0n) is 10.7. The van der Waals surface area contributed by atoms with Crippen molar-refractivity contribution in [3.8, 4) is 0 Å². The van der Waals surface area contributed by atoms with Gasteiger partial charge in [0, 0.05) is 24.5 Å². The molecule has 1 saturated heterocycles. The van der Waals surface area contributed by atoms with Crippen molar-refractivity contribution in [2.45, 2.75) is 25.3 Å². The van der Waals surface area contributed by atoms with Gasteiger partial charge in [0.2, 0.25) is 5.91 Å². The summed E-state index contributed by atoms with van der Waals surface area (Å²) in [5, 5.41) is 6.25. The molecule has 0 spiro atoms. The first-order valence-electron chi connectivity index (χ1n) is 6.42. The Hall–Kier alpha value is -1.16. The molecule has 3 nitrogen and oxygen atoms in total. The van der Waals surface area contributed by atoms with E-state index in [1.54, 1.807) is 7.05 Å². The van der Waals surface area contributed by atoms with Gasteiger partial charge >= 0.3 is 0 Å². The van der Waals surface area contributed by atoms with Gasteiger partial charge in [-0.3, -0.25) is 4.79 Å². The molecule has 2 N–H and O–H groups in total. The van der Waals surface area contributed by atoms with Gasteiger partial charge in [-0.05, 0) is 30.2 Å². The number of carbonyl (C=O) groups is 1. The second-order valence-electron chi connectivity index (χ2n) is 4.57. The van der Waals surface area contributed by atoms with Gasteiger partial charge in [0.05, 0.1) is 6.42 Å². The van der Waals surface area contributed by atoms with Crippen molar-refractivity contribution in [1.29, 1.82) is 0 Å². The Balaban J connectivity index is 2.04. The lowest BCUT2D eigenvalue weighted by Gasteiger charge is -2.24. The Morgan fingerprint density at radius 3 is 3.00 bits per heavy atom. The number of hydrogen-bond acceptors (Lipinski definition) is 3. The summed E-state index contributed by atoms with van der Waals surface area (Å²) in [6, 6.07) is 8.63. The van der Waals surface area contributed by atoms with Gasteiger partial charge in [-0.2, -0.15) is 11.8 Å². The van der Waals surface area contributed by atoms with Crippen LogP contribution in [-0.4, -0.2) is 30.5 Å². The van der Waals surface area contributed by atoms with E-state index >= 15 is 0 Å². The van der Waals surface area contributed by atoms with Gasteiger partial charge in [0.25, 0.3) is 0 Å². The van der Waals surface area contributed by atoms with Crippen LogP contribution >= 0.6 is 11.8 Å². The lowest BCUT2D eigenvalue weighted by molar-refractivity contribution is -0.119. The van der Waals surface area contributed by atoms with Gasteiger partial charge in [-0.15, -0.1) is 0 Å². The predicted octanol–water partition coefficient (Wildman–Crippen LogP) is 2.28. The fourth-order valence-electron chi connectivity index (χ4n) is 2.15. The molecule has 0 aromatic heterocycles. The van der Waals surface area contributed by atoms with Crippen LogP contribution in [0.2, 0.25) is 0 Å². The molecule has 1 amide bonds. The molecule has 1 atom stereocenters. The fourth-order valence-corrected chi connectivity index (χ4v) is 3.22. The molecule has 1 fully saturated rings. The molecule has 0 bridgehead atoms. The smallest absolute Gasteiger partial charge is 0.224 e. The van der Waals surface area contributed by atoms with E-state index in [1.807, 2.05) is 30.0 Å². The lowest BCUT2D eigenvalue weighted by Crippen LogP contribution is -2.27. The average Bonchev–Trinajstić information content (AvgIpc) is 2.42. The first kappa shape index (κ1) is 13.3. The Labute approximate surface area is 113 Å². The Morgan fingerprint density at radius 2 is 2.28 bits per heavy atom. The Morgan fingerprint density at radius 1 is 1.44 bits per heavy atom. The lowest BCUT2D eigenvalue weighted by atomic mass is 10.1. The number of nitrogens with one attached hydrogen (secondary N) is 2. The quantitative estimate of drug-likeness (QED) is 0.876. The van der Waals surface area contributed by atoms with E-state index < -0.39 is 0 Å². The molecular formula is C14H20N2OS. The van der Waals surface area contributed by atoms with Gasteiger partial charge in [-0.25, -0.2) is 0 Å². The minimum absolute atomic E-state index is 0.0577. The van der Waals surface area contributed by atoms with Crippen LogP contribution in [0, 0.1) is 0 Å². The van der Waals surface area contributed by atoms with Crippen molar-refractivity contribution < 1.29 is 4.79 Å².